The Morgan fingerprint density at radius 3 is 1.92 bits per heavy atom. The fraction of sp³-hybridized carbons (Fsp3) is 0.842. The van der Waals surface area contributed by atoms with E-state index in [9.17, 15) is 14.4 Å². The highest BCUT2D eigenvalue weighted by Crippen LogP contribution is 2.07. The predicted molar refractivity (Wildman–Crippen MR) is 101 cm³/mol. The van der Waals surface area contributed by atoms with Crippen molar-refractivity contribution in [2.45, 2.75) is 90.6 Å². The smallest absolute Gasteiger partial charge is 0.407 e. The van der Waals surface area contributed by atoms with Crippen LogP contribution in [0.5, 0.6) is 0 Å². The van der Waals surface area contributed by atoms with Crippen molar-refractivity contribution in [1.29, 1.82) is 0 Å². The van der Waals surface area contributed by atoms with Crippen molar-refractivity contribution in [1.82, 2.24) is 10.6 Å². The zero-order valence-electron chi connectivity index (χ0n) is 16.8. The summed E-state index contributed by atoms with van der Waals surface area (Å²) in [6.07, 6.45) is 6.61. The first-order chi connectivity index (χ1) is 12.5. The maximum Gasteiger partial charge on any atom is 0.407 e. The van der Waals surface area contributed by atoms with E-state index in [1.54, 1.807) is 0 Å². The average Bonchev–Trinajstić information content (AvgIpc) is 2.64. The van der Waals surface area contributed by atoms with Crippen LogP contribution in [0.4, 0.5) is 4.79 Å². The standard InChI is InChI=1S/C19H36N2O5/c1-5-8-11-14-26-18(23)16(13-10-7-3)20-17(22)15(12-9-6-2)21-19(24)25-4/h15-16H,5-14H2,1-4H3,(H,20,22)(H,21,24). The summed E-state index contributed by atoms with van der Waals surface area (Å²) in [5.74, 6) is -0.786. The highest BCUT2D eigenvalue weighted by atomic mass is 16.5. The van der Waals surface area contributed by atoms with Crippen LogP contribution in [-0.4, -0.2) is 43.8 Å². The maximum absolute atomic E-state index is 12.6. The fourth-order valence-electron chi connectivity index (χ4n) is 2.43. The molecular formula is C19H36N2O5. The molecule has 0 heterocycles. The van der Waals surface area contributed by atoms with Crippen molar-refractivity contribution >= 4 is 18.0 Å². The van der Waals surface area contributed by atoms with Crippen LogP contribution in [0.15, 0.2) is 0 Å². The number of amides is 2. The van der Waals surface area contributed by atoms with E-state index in [4.69, 9.17) is 4.74 Å². The molecule has 0 fully saturated rings. The van der Waals surface area contributed by atoms with Crippen molar-refractivity contribution in [2.24, 2.45) is 0 Å². The summed E-state index contributed by atoms with van der Waals surface area (Å²) in [5.41, 5.74) is 0. The van der Waals surface area contributed by atoms with Gasteiger partial charge in [0.25, 0.3) is 0 Å². The first-order valence-corrected chi connectivity index (χ1v) is 9.81. The first kappa shape index (κ1) is 24.2. The second-order valence-corrected chi connectivity index (χ2v) is 6.41. The molecule has 0 aromatic heterocycles. The van der Waals surface area contributed by atoms with Gasteiger partial charge in [0.1, 0.15) is 12.1 Å². The number of carbonyl (C=O) groups is 3. The number of hydrogen-bond acceptors (Lipinski definition) is 5. The summed E-state index contributed by atoms with van der Waals surface area (Å²) in [6.45, 7) is 6.47. The Labute approximate surface area is 157 Å². The first-order valence-electron chi connectivity index (χ1n) is 9.81. The van der Waals surface area contributed by atoms with Crippen LogP contribution in [0.2, 0.25) is 0 Å². The average molecular weight is 373 g/mol. The van der Waals surface area contributed by atoms with Gasteiger partial charge in [-0.3, -0.25) is 4.79 Å². The molecule has 2 N–H and O–H groups in total. The lowest BCUT2D eigenvalue weighted by Crippen LogP contribution is -2.52. The maximum atomic E-state index is 12.6. The third-order valence-electron chi connectivity index (χ3n) is 4.08. The van der Waals surface area contributed by atoms with Crippen molar-refractivity contribution in [3.63, 3.8) is 0 Å². The zero-order valence-corrected chi connectivity index (χ0v) is 16.8. The fourth-order valence-corrected chi connectivity index (χ4v) is 2.43. The van der Waals surface area contributed by atoms with Crippen molar-refractivity contribution in [3.05, 3.63) is 0 Å². The van der Waals surface area contributed by atoms with Crippen molar-refractivity contribution in [2.75, 3.05) is 13.7 Å². The van der Waals surface area contributed by atoms with Crippen LogP contribution >= 0.6 is 0 Å². The van der Waals surface area contributed by atoms with Gasteiger partial charge in [0, 0.05) is 0 Å². The number of hydrogen-bond donors (Lipinski definition) is 2. The summed E-state index contributed by atoms with van der Waals surface area (Å²) in [4.78, 5) is 36.4. The lowest BCUT2D eigenvalue weighted by molar-refractivity contribution is -0.148. The van der Waals surface area contributed by atoms with E-state index in [1.807, 2.05) is 13.8 Å². The Bertz CT molecular complexity index is 415. The SMILES string of the molecule is CCCCCOC(=O)C(CCCC)NC(=O)C(CCCC)NC(=O)OC. The number of nitrogens with one attached hydrogen (secondary N) is 2. The molecule has 0 aromatic carbocycles. The molecule has 0 bridgehead atoms. The Balaban J connectivity index is 4.81. The second-order valence-electron chi connectivity index (χ2n) is 6.41. The highest BCUT2D eigenvalue weighted by molar-refractivity contribution is 5.89. The number of ether oxygens (including phenoxy) is 2. The molecule has 0 aliphatic heterocycles. The monoisotopic (exact) mass is 372 g/mol. The third-order valence-corrected chi connectivity index (χ3v) is 4.08. The molecule has 0 aliphatic rings. The van der Waals surface area contributed by atoms with Crippen LogP contribution in [0.1, 0.15) is 78.6 Å². The molecule has 2 atom stereocenters. The zero-order chi connectivity index (χ0) is 19.8. The molecule has 0 saturated carbocycles. The van der Waals surface area contributed by atoms with E-state index < -0.39 is 24.1 Å². The van der Waals surface area contributed by atoms with Crippen LogP contribution in [0.3, 0.4) is 0 Å². The van der Waals surface area contributed by atoms with Gasteiger partial charge in [0.15, 0.2) is 0 Å². The highest BCUT2D eigenvalue weighted by Gasteiger charge is 2.27. The topological polar surface area (TPSA) is 93.7 Å². The van der Waals surface area contributed by atoms with Gasteiger partial charge < -0.3 is 20.1 Å². The van der Waals surface area contributed by atoms with E-state index in [0.717, 1.165) is 44.9 Å². The van der Waals surface area contributed by atoms with Gasteiger partial charge in [-0.05, 0) is 19.3 Å². The summed E-state index contributed by atoms with van der Waals surface area (Å²) in [5, 5.41) is 5.28. The van der Waals surface area contributed by atoms with Gasteiger partial charge in [-0.25, -0.2) is 9.59 Å². The van der Waals surface area contributed by atoms with Gasteiger partial charge in [-0.1, -0.05) is 59.3 Å². The minimum atomic E-state index is -0.723. The van der Waals surface area contributed by atoms with Gasteiger partial charge in [0.05, 0.1) is 13.7 Å². The quantitative estimate of drug-likeness (QED) is 0.360. The molecule has 152 valence electrons. The Hall–Kier alpha value is -1.79. The Morgan fingerprint density at radius 1 is 0.808 bits per heavy atom. The molecule has 2 amide bonds. The number of methoxy groups -OCH3 is 1. The summed E-state index contributed by atoms with van der Waals surface area (Å²) < 4.78 is 9.88. The third kappa shape index (κ3) is 10.9. The summed E-state index contributed by atoms with van der Waals surface area (Å²) in [6, 6.07) is -1.41. The van der Waals surface area contributed by atoms with Gasteiger partial charge >= 0.3 is 12.1 Å². The van der Waals surface area contributed by atoms with E-state index >= 15 is 0 Å². The molecule has 0 aliphatic carbocycles. The largest absolute Gasteiger partial charge is 0.464 e. The minimum Gasteiger partial charge on any atom is -0.464 e. The van der Waals surface area contributed by atoms with Crippen molar-refractivity contribution in [3.8, 4) is 0 Å². The van der Waals surface area contributed by atoms with Gasteiger partial charge in [-0.2, -0.15) is 0 Å². The van der Waals surface area contributed by atoms with Crippen molar-refractivity contribution < 1.29 is 23.9 Å². The van der Waals surface area contributed by atoms with E-state index in [0.29, 0.717) is 19.4 Å². The normalized spacial score (nSPS) is 12.8. The molecule has 0 aromatic rings. The van der Waals surface area contributed by atoms with Crippen LogP contribution in [0, 0.1) is 0 Å². The number of esters is 1. The van der Waals surface area contributed by atoms with Crippen LogP contribution in [-0.2, 0) is 19.1 Å². The number of carbonyl (C=O) groups excluding carboxylic acids is 3. The summed E-state index contributed by atoms with van der Waals surface area (Å²) in [7, 11) is 1.25. The molecule has 26 heavy (non-hydrogen) atoms. The Morgan fingerprint density at radius 2 is 1.38 bits per heavy atom. The molecule has 0 rings (SSSR count). The van der Waals surface area contributed by atoms with E-state index in [1.165, 1.54) is 7.11 Å². The molecule has 0 spiro atoms. The molecule has 7 nitrogen and oxygen atoms in total. The molecule has 0 radical (unpaired) electrons. The summed E-state index contributed by atoms with van der Waals surface area (Å²) >= 11 is 0. The molecule has 2 unspecified atom stereocenters. The number of rotatable bonds is 14. The molecule has 0 saturated heterocycles. The second kappa shape index (κ2) is 15.5. The van der Waals surface area contributed by atoms with E-state index in [-0.39, 0.29) is 5.91 Å². The predicted octanol–water partition coefficient (Wildman–Crippen LogP) is 3.31. The number of unbranched alkanes of at least 4 members (excludes halogenated alkanes) is 4. The Kier molecular flexibility index (Phi) is 14.4. The molecular weight excluding hydrogens is 336 g/mol. The van der Waals surface area contributed by atoms with Crippen LogP contribution < -0.4 is 10.6 Å². The van der Waals surface area contributed by atoms with Crippen LogP contribution in [0.25, 0.3) is 0 Å². The van der Waals surface area contributed by atoms with E-state index in [2.05, 4.69) is 22.3 Å². The lowest BCUT2D eigenvalue weighted by Gasteiger charge is -2.22. The molecule has 7 heteroatoms. The van der Waals surface area contributed by atoms with Gasteiger partial charge in [-0.15, -0.1) is 0 Å². The van der Waals surface area contributed by atoms with Gasteiger partial charge in [0.2, 0.25) is 5.91 Å². The lowest BCUT2D eigenvalue weighted by atomic mass is 10.1. The number of alkyl carbamates (subject to hydrolysis) is 1. The minimum absolute atomic E-state index is 0.366.